The number of likely N-dealkylation sites (tertiary alicyclic amines) is 2. The molecule has 4 nitrogen and oxygen atoms in total. The van der Waals surface area contributed by atoms with E-state index in [4.69, 9.17) is 4.74 Å². The summed E-state index contributed by atoms with van der Waals surface area (Å²) in [5, 5.41) is 2.12. The molecule has 3 aromatic carbocycles. The van der Waals surface area contributed by atoms with Gasteiger partial charge in [-0.1, -0.05) is 48.5 Å². The van der Waals surface area contributed by atoms with Crippen LogP contribution >= 0.6 is 0 Å². The minimum absolute atomic E-state index is 0.121. The van der Waals surface area contributed by atoms with Crippen molar-refractivity contribution in [2.75, 3.05) is 46.4 Å². The zero-order valence-corrected chi connectivity index (χ0v) is 19.8. The number of amides is 1. The van der Waals surface area contributed by atoms with Crippen molar-refractivity contribution in [2.45, 2.75) is 18.8 Å². The number of hydrogen-bond acceptors (Lipinski definition) is 3. The molecule has 1 amide bonds. The summed E-state index contributed by atoms with van der Waals surface area (Å²) in [5.74, 6) is 1.20. The molecule has 0 saturated carbocycles. The first-order chi connectivity index (χ1) is 16.6. The number of piperidine rings is 1. The second-order valence-electron chi connectivity index (χ2n) is 9.84. The molecule has 2 aliphatic heterocycles. The summed E-state index contributed by atoms with van der Waals surface area (Å²) in [6.07, 6.45) is 2.18. The Balaban J connectivity index is 1.23. The molecule has 0 aromatic heterocycles. The molecule has 34 heavy (non-hydrogen) atoms. The molecule has 2 saturated heterocycles. The van der Waals surface area contributed by atoms with Crippen LogP contribution in [-0.4, -0.2) is 62.1 Å². The minimum Gasteiger partial charge on any atom is -0.384 e. The van der Waals surface area contributed by atoms with Crippen LogP contribution in [0, 0.1) is 17.7 Å². The number of carbonyl (C=O) groups excluding carboxylic acids is 1. The van der Waals surface area contributed by atoms with Gasteiger partial charge in [0.05, 0.1) is 6.61 Å². The predicted octanol–water partition coefficient (Wildman–Crippen LogP) is 5.19. The van der Waals surface area contributed by atoms with Crippen LogP contribution in [0.4, 0.5) is 4.39 Å². The lowest BCUT2D eigenvalue weighted by molar-refractivity contribution is 0.0776. The Morgan fingerprint density at radius 3 is 2.41 bits per heavy atom. The van der Waals surface area contributed by atoms with Gasteiger partial charge in [-0.3, -0.25) is 4.79 Å². The highest BCUT2D eigenvalue weighted by molar-refractivity contribution is 6.07. The fraction of sp³-hybridized carbons (Fsp3) is 0.414. The molecule has 178 valence electrons. The molecule has 0 spiro atoms. The number of halogens is 1. The number of hydrogen-bond donors (Lipinski definition) is 0. The van der Waals surface area contributed by atoms with E-state index >= 15 is 0 Å². The van der Waals surface area contributed by atoms with Gasteiger partial charge in [0.15, 0.2) is 0 Å². The molecule has 2 fully saturated rings. The van der Waals surface area contributed by atoms with Gasteiger partial charge in [-0.15, -0.1) is 0 Å². The monoisotopic (exact) mass is 460 g/mol. The van der Waals surface area contributed by atoms with Crippen LogP contribution in [0.3, 0.4) is 0 Å². The lowest BCUT2D eigenvalue weighted by atomic mass is 9.88. The molecule has 0 aliphatic carbocycles. The van der Waals surface area contributed by atoms with Crippen molar-refractivity contribution in [1.29, 1.82) is 0 Å². The average Bonchev–Trinajstić information content (AvgIpc) is 3.26. The number of methoxy groups -OCH3 is 1. The van der Waals surface area contributed by atoms with Crippen molar-refractivity contribution >= 4 is 16.7 Å². The van der Waals surface area contributed by atoms with E-state index in [1.807, 2.05) is 47.4 Å². The molecule has 0 radical (unpaired) electrons. The highest BCUT2D eigenvalue weighted by atomic mass is 19.1. The summed E-state index contributed by atoms with van der Waals surface area (Å²) in [6.45, 7) is 5.26. The second kappa shape index (κ2) is 10.2. The first kappa shape index (κ1) is 23.0. The third-order valence-corrected chi connectivity index (χ3v) is 7.69. The van der Waals surface area contributed by atoms with Gasteiger partial charge in [0.1, 0.15) is 5.82 Å². The number of ether oxygens (including phenoxy) is 1. The number of benzene rings is 3. The van der Waals surface area contributed by atoms with Crippen molar-refractivity contribution in [3.8, 4) is 0 Å². The molecule has 2 atom stereocenters. The van der Waals surface area contributed by atoms with E-state index in [9.17, 15) is 9.18 Å². The summed E-state index contributed by atoms with van der Waals surface area (Å²) in [4.78, 5) is 18.1. The molecule has 5 heteroatoms. The first-order valence-corrected chi connectivity index (χ1v) is 12.4. The van der Waals surface area contributed by atoms with Crippen LogP contribution in [0.15, 0.2) is 66.7 Å². The lowest BCUT2D eigenvalue weighted by Gasteiger charge is -2.34. The zero-order valence-electron chi connectivity index (χ0n) is 19.8. The largest absolute Gasteiger partial charge is 0.384 e. The Kier molecular flexibility index (Phi) is 6.93. The Labute approximate surface area is 201 Å². The van der Waals surface area contributed by atoms with E-state index in [2.05, 4.69) is 17.0 Å². The van der Waals surface area contributed by atoms with Crippen molar-refractivity contribution in [3.05, 3.63) is 83.7 Å². The van der Waals surface area contributed by atoms with Crippen LogP contribution in [0.25, 0.3) is 10.8 Å². The molecule has 2 heterocycles. The third kappa shape index (κ3) is 4.86. The van der Waals surface area contributed by atoms with Gasteiger partial charge in [0.2, 0.25) is 0 Å². The normalized spacial score (nSPS) is 21.9. The molecular weight excluding hydrogens is 427 g/mol. The number of nitrogens with zero attached hydrogens (tertiary/aromatic N) is 2. The Morgan fingerprint density at radius 2 is 1.65 bits per heavy atom. The molecule has 3 aromatic rings. The molecule has 1 unspecified atom stereocenters. The third-order valence-electron chi connectivity index (χ3n) is 7.69. The average molecular weight is 461 g/mol. The molecule has 5 rings (SSSR count). The van der Waals surface area contributed by atoms with Crippen LogP contribution in [0.1, 0.15) is 34.7 Å². The SMILES string of the molecule is COC[C@@H]1CN(C(=O)c2cccc3ccccc23)CC1CN1CCC(c2ccc(F)cc2)CC1. The Bertz CT molecular complexity index is 1120. The number of fused-ring (bicyclic) bond motifs is 1. The highest BCUT2D eigenvalue weighted by Crippen LogP contribution is 2.32. The van der Waals surface area contributed by atoms with Gasteiger partial charge in [-0.05, 0) is 72.3 Å². The van der Waals surface area contributed by atoms with Gasteiger partial charge in [-0.25, -0.2) is 4.39 Å². The number of rotatable bonds is 6. The smallest absolute Gasteiger partial charge is 0.254 e. The predicted molar refractivity (Wildman–Crippen MR) is 134 cm³/mol. The molecule has 0 bridgehead atoms. The van der Waals surface area contributed by atoms with E-state index in [1.165, 1.54) is 5.56 Å². The maximum Gasteiger partial charge on any atom is 0.254 e. The van der Waals surface area contributed by atoms with E-state index in [1.54, 1.807) is 19.2 Å². The maximum atomic E-state index is 13.5. The second-order valence-corrected chi connectivity index (χ2v) is 9.84. The maximum absolute atomic E-state index is 13.5. The van der Waals surface area contributed by atoms with E-state index in [0.29, 0.717) is 24.4 Å². The van der Waals surface area contributed by atoms with Crippen molar-refractivity contribution in [2.24, 2.45) is 11.8 Å². The van der Waals surface area contributed by atoms with E-state index < -0.39 is 0 Å². The van der Waals surface area contributed by atoms with Gasteiger partial charge >= 0.3 is 0 Å². The van der Waals surface area contributed by atoms with Gasteiger partial charge in [-0.2, -0.15) is 0 Å². The molecule has 0 N–H and O–H groups in total. The van der Waals surface area contributed by atoms with E-state index in [-0.39, 0.29) is 11.7 Å². The van der Waals surface area contributed by atoms with E-state index in [0.717, 1.165) is 61.9 Å². The van der Waals surface area contributed by atoms with Gasteiger partial charge in [0, 0.05) is 38.2 Å². The van der Waals surface area contributed by atoms with Crippen LogP contribution in [0.5, 0.6) is 0 Å². The topological polar surface area (TPSA) is 32.8 Å². The van der Waals surface area contributed by atoms with Crippen molar-refractivity contribution in [3.63, 3.8) is 0 Å². The van der Waals surface area contributed by atoms with Gasteiger partial charge in [0.25, 0.3) is 5.91 Å². The van der Waals surface area contributed by atoms with Crippen LogP contribution in [0.2, 0.25) is 0 Å². The standard InChI is InChI=1S/C29H33FN2O2/c1-34-20-25-19-32(29(33)28-8-4-6-23-5-2-3-7-27(23)28)18-24(25)17-31-15-13-22(14-16-31)21-9-11-26(30)12-10-21/h2-12,22,24-25H,13-20H2,1H3/t24?,25-/m0/s1. The fourth-order valence-electron chi connectivity index (χ4n) is 5.81. The first-order valence-electron chi connectivity index (χ1n) is 12.4. The Hall–Kier alpha value is -2.76. The molecule has 2 aliphatic rings. The Morgan fingerprint density at radius 1 is 0.941 bits per heavy atom. The van der Waals surface area contributed by atoms with Gasteiger partial charge < -0.3 is 14.5 Å². The lowest BCUT2D eigenvalue weighted by Crippen LogP contribution is -2.39. The summed E-state index contributed by atoms with van der Waals surface area (Å²) < 4.78 is 18.8. The van der Waals surface area contributed by atoms with Crippen molar-refractivity contribution in [1.82, 2.24) is 9.80 Å². The summed E-state index contributed by atoms with van der Waals surface area (Å²) >= 11 is 0. The summed E-state index contributed by atoms with van der Waals surface area (Å²) in [6, 6.07) is 21.1. The van der Waals surface area contributed by atoms with Crippen molar-refractivity contribution < 1.29 is 13.9 Å². The van der Waals surface area contributed by atoms with Crippen LogP contribution in [-0.2, 0) is 4.74 Å². The fourth-order valence-corrected chi connectivity index (χ4v) is 5.81. The summed E-state index contributed by atoms with van der Waals surface area (Å²) in [5.41, 5.74) is 2.03. The minimum atomic E-state index is -0.172. The highest BCUT2D eigenvalue weighted by Gasteiger charge is 2.37. The zero-order chi connectivity index (χ0) is 23.5. The quantitative estimate of drug-likeness (QED) is 0.507. The molecular formula is C29H33FN2O2. The number of carbonyl (C=O) groups is 1. The van der Waals surface area contributed by atoms with Crippen LogP contribution < -0.4 is 0 Å². The summed E-state index contributed by atoms with van der Waals surface area (Å²) in [7, 11) is 1.75.